The molecule has 0 radical (unpaired) electrons. The lowest BCUT2D eigenvalue weighted by Crippen LogP contribution is -2.32. The van der Waals surface area contributed by atoms with Gasteiger partial charge in [0.05, 0.1) is 6.54 Å². The Kier molecular flexibility index (Phi) is 6.72. The third kappa shape index (κ3) is 4.48. The number of nitrogens with one attached hydrogen (secondary N) is 2. The average molecular weight is 311 g/mol. The average Bonchev–Trinajstić information content (AvgIpc) is 2.87. The van der Waals surface area contributed by atoms with Crippen LogP contribution in [0.25, 0.3) is 10.9 Å². The number of aliphatic hydroxyl groups excluding tert-OH is 1. The van der Waals surface area contributed by atoms with Crippen LogP contribution in [0.5, 0.6) is 0 Å². The number of aliphatic hydroxyl groups is 1. The fraction of sp³-hybridized carbons (Fsp3) is 0.438. The van der Waals surface area contributed by atoms with E-state index in [1.807, 2.05) is 32.0 Å². The fourth-order valence-electron chi connectivity index (χ4n) is 1.95. The summed E-state index contributed by atoms with van der Waals surface area (Å²) in [5, 5.41) is 13.5. The van der Waals surface area contributed by atoms with Crippen molar-refractivity contribution < 1.29 is 9.90 Å². The summed E-state index contributed by atoms with van der Waals surface area (Å²) in [6.45, 7) is 7.85. The Hall–Kier alpha value is -1.52. The lowest BCUT2D eigenvalue weighted by molar-refractivity contribution is -0.128. The quantitative estimate of drug-likeness (QED) is 0.810. The van der Waals surface area contributed by atoms with Gasteiger partial charge in [0.2, 0.25) is 5.91 Å². The van der Waals surface area contributed by atoms with Gasteiger partial charge < -0.3 is 15.4 Å². The predicted molar refractivity (Wildman–Crippen MR) is 87.6 cm³/mol. The lowest BCUT2D eigenvalue weighted by Gasteiger charge is -2.05. The minimum Gasteiger partial charge on any atom is -0.384 e. The zero-order chi connectivity index (χ0) is 16.0. The van der Waals surface area contributed by atoms with Gasteiger partial charge in [0.25, 0.3) is 0 Å². The van der Waals surface area contributed by atoms with Crippen molar-refractivity contribution in [3.63, 3.8) is 0 Å². The van der Waals surface area contributed by atoms with Gasteiger partial charge in [-0.25, -0.2) is 0 Å². The van der Waals surface area contributed by atoms with Gasteiger partial charge in [-0.05, 0) is 37.1 Å². The highest BCUT2D eigenvalue weighted by Gasteiger charge is 2.09. The number of hydrogen-bond donors (Lipinski definition) is 3. The first kappa shape index (κ1) is 17.5. The smallest absolute Gasteiger partial charge is 0.248 e. The molecule has 0 saturated heterocycles. The molecule has 0 aliphatic rings. The van der Waals surface area contributed by atoms with Crippen LogP contribution in [0.4, 0.5) is 0 Å². The molecule has 1 aromatic carbocycles. The molecule has 0 aliphatic carbocycles. The Labute approximate surface area is 130 Å². The lowest BCUT2D eigenvalue weighted by atomic mass is 10.1. The SMILES string of the molecule is CC.CCc1cc2[nH]c(CNC(=O)C(C)O)cc2cc1Cl. The van der Waals surface area contributed by atoms with Crippen molar-refractivity contribution in [1.29, 1.82) is 0 Å². The molecule has 21 heavy (non-hydrogen) atoms. The van der Waals surface area contributed by atoms with Crippen LogP contribution in [0, 0.1) is 0 Å². The molecule has 1 amide bonds. The molecular weight excluding hydrogens is 288 g/mol. The number of halogens is 1. The van der Waals surface area contributed by atoms with E-state index in [1.165, 1.54) is 6.92 Å². The summed E-state index contributed by atoms with van der Waals surface area (Å²) in [6.07, 6.45) is -0.118. The molecule has 0 fully saturated rings. The number of carbonyl (C=O) groups is 1. The number of hydrogen-bond acceptors (Lipinski definition) is 2. The van der Waals surface area contributed by atoms with Crippen molar-refractivity contribution in [1.82, 2.24) is 10.3 Å². The van der Waals surface area contributed by atoms with Gasteiger partial charge in [-0.2, -0.15) is 0 Å². The molecule has 116 valence electrons. The Balaban J connectivity index is 0.00000106. The molecule has 1 unspecified atom stereocenters. The first-order valence-electron chi connectivity index (χ1n) is 7.27. The van der Waals surface area contributed by atoms with Gasteiger partial charge in [0.15, 0.2) is 0 Å². The summed E-state index contributed by atoms with van der Waals surface area (Å²) in [7, 11) is 0. The molecule has 1 atom stereocenters. The maximum Gasteiger partial charge on any atom is 0.248 e. The molecule has 4 nitrogen and oxygen atoms in total. The van der Waals surface area contributed by atoms with Crippen LogP contribution < -0.4 is 5.32 Å². The number of aryl methyl sites for hydroxylation is 1. The summed E-state index contributed by atoms with van der Waals surface area (Å²) >= 11 is 6.16. The summed E-state index contributed by atoms with van der Waals surface area (Å²) < 4.78 is 0. The number of benzene rings is 1. The Morgan fingerprint density at radius 3 is 2.62 bits per heavy atom. The highest BCUT2D eigenvalue weighted by Crippen LogP contribution is 2.25. The minimum absolute atomic E-state index is 0.359. The molecule has 0 saturated carbocycles. The van der Waals surface area contributed by atoms with E-state index in [4.69, 9.17) is 16.7 Å². The van der Waals surface area contributed by atoms with Gasteiger partial charge in [0.1, 0.15) is 6.10 Å². The first-order chi connectivity index (χ1) is 10.0. The number of fused-ring (bicyclic) bond motifs is 1. The molecule has 3 N–H and O–H groups in total. The van der Waals surface area contributed by atoms with E-state index in [9.17, 15) is 4.79 Å². The highest BCUT2D eigenvalue weighted by molar-refractivity contribution is 6.32. The second kappa shape index (κ2) is 8.05. The van der Waals surface area contributed by atoms with Crippen LogP contribution in [-0.2, 0) is 17.8 Å². The molecule has 1 aromatic heterocycles. The van der Waals surface area contributed by atoms with Crippen molar-refractivity contribution in [2.45, 2.75) is 46.8 Å². The number of rotatable bonds is 4. The second-order valence-electron chi connectivity index (χ2n) is 4.57. The van der Waals surface area contributed by atoms with Crippen molar-refractivity contribution in [3.05, 3.63) is 34.5 Å². The summed E-state index contributed by atoms with van der Waals surface area (Å²) in [5.41, 5.74) is 2.98. The maximum atomic E-state index is 11.3. The van der Waals surface area contributed by atoms with Gasteiger partial charge in [-0.1, -0.05) is 32.4 Å². The van der Waals surface area contributed by atoms with Gasteiger partial charge in [-0.3, -0.25) is 4.79 Å². The maximum absolute atomic E-state index is 11.3. The molecule has 0 bridgehead atoms. The third-order valence-electron chi connectivity index (χ3n) is 3.06. The fourth-order valence-corrected chi connectivity index (χ4v) is 2.26. The van der Waals surface area contributed by atoms with Gasteiger partial charge in [0, 0.05) is 21.6 Å². The molecule has 0 spiro atoms. The highest BCUT2D eigenvalue weighted by atomic mass is 35.5. The monoisotopic (exact) mass is 310 g/mol. The minimum atomic E-state index is -0.995. The molecule has 5 heteroatoms. The summed E-state index contributed by atoms with van der Waals surface area (Å²) in [6, 6.07) is 5.90. The number of carbonyl (C=O) groups excluding carboxylic acids is 1. The van der Waals surface area contributed by atoms with Crippen molar-refractivity contribution in [2.75, 3.05) is 0 Å². The first-order valence-corrected chi connectivity index (χ1v) is 7.65. The number of aromatic nitrogens is 1. The Bertz CT molecular complexity index is 606. The van der Waals surface area contributed by atoms with Gasteiger partial charge in [-0.15, -0.1) is 0 Å². The van der Waals surface area contributed by atoms with Crippen LogP contribution in [0.15, 0.2) is 18.2 Å². The molecule has 0 aliphatic heterocycles. The molecule has 2 rings (SSSR count). The van der Waals surface area contributed by atoms with Crippen LogP contribution in [0.3, 0.4) is 0 Å². The zero-order valence-corrected chi connectivity index (χ0v) is 13.7. The summed E-state index contributed by atoms with van der Waals surface area (Å²) in [4.78, 5) is 14.5. The third-order valence-corrected chi connectivity index (χ3v) is 3.41. The largest absolute Gasteiger partial charge is 0.384 e. The van der Waals surface area contributed by atoms with E-state index in [0.717, 1.165) is 33.6 Å². The molecule has 1 heterocycles. The van der Waals surface area contributed by atoms with E-state index in [0.29, 0.717) is 6.54 Å². The molecular formula is C16H23ClN2O2. The second-order valence-corrected chi connectivity index (χ2v) is 4.98. The van der Waals surface area contributed by atoms with Crippen molar-refractivity contribution in [2.24, 2.45) is 0 Å². The van der Waals surface area contributed by atoms with Gasteiger partial charge >= 0.3 is 0 Å². The van der Waals surface area contributed by atoms with E-state index < -0.39 is 6.10 Å². The summed E-state index contributed by atoms with van der Waals surface area (Å²) in [5.74, 6) is -0.383. The van der Waals surface area contributed by atoms with E-state index in [1.54, 1.807) is 0 Å². The number of amides is 1. The number of aromatic amines is 1. The van der Waals surface area contributed by atoms with Crippen LogP contribution in [0.1, 0.15) is 39.0 Å². The normalized spacial score (nSPS) is 11.7. The Morgan fingerprint density at radius 1 is 1.38 bits per heavy atom. The van der Waals surface area contributed by atoms with Crippen molar-refractivity contribution >= 4 is 28.4 Å². The number of H-pyrrole nitrogens is 1. The Morgan fingerprint density at radius 2 is 2.05 bits per heavy atom. The van der Waals surface area contributed by atoms with Crippen LogP contribution >= 0.6 is 11.6 Å². The standard InChI is InChI=1S/C14H17ClN2O2.C2H6/c1-3-9-6-13-10(5-12(9)15)4-11(17-13)7-16-14(19)8(2)18;1-2/h4-6,8,17-18H,3,7H2,1-2H3,(H,16,19);1-2H3. The van der Waals surface area contributed by atoms with E-state index in [2.05, 4.69) is 17.2 Å². The van der Waals surface area contributed by atoms with Crippen LogP contribution in [-0.4, -0.2) is 22.1 Å². The predicted octanol–water partition coefficient (Wildman–Crippen LogP) is 3.41. The molecule has 2 aromatic rings. The van der Waals surface area contributed by atoms with E-state index >= 15 is 0 Å². The topological polar surface area (TPSA) is 65.1 Å². The van der Waals surface area contributed by atoms with Crippen LogP contribution in [0.2, 0.25) is 5.02 Å². The van der Waals surface area contributed by atoms with Crippen molar-refractivity contribution in [3.8, 4) is 0 Å². The van der Waals surface area contributed by atoms with E-state index in [-0.39, 0.29) is 5.91 Å². The zero-order valence-electron chi connectivity index (χ0n) is 13.0.